The third kappa shape index (κ3) is 4.19. The van der Waals surface area contributed by atoms with E-state index >= 15 is 0 Å². The van der Waals surface area contributed by atoms with Crippen molar-refractivity contribution >= 4 is 17.8 Å². The number of aliphatic hydroxyl groups is 1. The highest BCUT2D eigenvalue weighted by molar-refractivity contribution is 5.86. The van der Waals surface area contributed by atoms with Crippen LogP contribution in [0.25, 0.3) is 0 Å². The van der Waals surface area contributed by atoms with Crippen LogP contribution in [0, 0.1) is 11.8 Å². The predicted molar refractivity (Wildman–Crippen MR) is 70.8 cm³/mol. The number of nitrogens with zero attached hydrogens (tertiary/aromatic N) is 1. The molecule has 1 fully saturated rings. The Kier molecular flexibility index (Phi) is 5.94. The van der Waals surface area contributed by atoms with Crippen LogP contribution in [-0.2, 0) is 14.4 Å². The Balaban J connectivity index is 2.60. The van der Waals surface area contributed by atoms with E-state index in [0.717, 1.165) is 0 Å². The largest absolute Gasteiger partial charge is 0.480 e. The highest BCUT2D eigenvalue weighted by Gasteiger charge is 2.31. The molecular formula is C13H22N2O5. The van der Waals surface area contributed by atoms with Crippen molar-refractivity contribution < 1.29 is 24.6 Å². The van der Waals surface area contributed by atoms with E-state index in [4.69, 9.17) is 10.2 Å². The topological polar surface area (TPSA) is 107 Å². The summed E-state index contributed by atoms with van der Waals surface area (Å²) in [4.78, 5) is 36.3. The number of nitrogens with one attached hydrogen (secondary N) is 1. The van der Waals surface area contributed by atoms with Gasteiger partial charge in [0.1, 0.15) is 6.04 Å². The van der Waals surface area contributed by atoms with Gasteiger partial charge in [-0.3, -0.25) is 9.59 Å². The highest BCUT2D eigenvalue weighted by Crippen LogP contribution is 2.18. The Morgan fingerprint density at radius 3 is 2.50 bits per heavy atom. The van der Waals surface area contributed by atoms with E-state index in [0.29, 0.717) is 25.9 Å². The molecule has 7 nitrogen and oxygen atoms in total. The Morgan fingerprint density at radius 2 is 2.00 bits per heavy atom. The van der Waals surface area contributed by atoms with E-state index in [1.54, 1.807) is 18.7 Å². The lowest BCUT2D eigenvalue weighted by molar-refractivity contribution is -0.145. The summed E-state index contributed by atoms with van der Waals surface area (Å²) in [5, 5.41) is 20.0. The summed E-state index contributed by atoms with van der Waals surface area (Å²) in [7, 11) is 0. The number of carbonyl (C=O) groups excluding carboxylic acids is 2. The number of carboxylic acid groups (broad SMARTS) is 1. The highest BCUT2D eigenvalue weighted by atomic mass is 16.4. The van der Waals surface area contributed by atoms with Gasteiger partial charge >= 0.3 is 5.97 Å². The third-order valence-electron chi connectivity index (χ3n) is 3.39. The van der Waals surface area contributed by atoms with Crippen LogP contribution in [0.1, 0.15) is 26.7 Å². The van der Waals surface area contributed by atoms with Gasteiger partial charge in [-0.1, -0.05) is 13.8 Å². The summed E-state index contributed by atoms with van der Waals surface area (Å²) in [5.74, 6) is -2.24. The Bertz CT molecular complexity index is 383. The molecule has 0 bridgehead atoms. The van der Waals surface area contributed by atoms with Gasteiger partial charge in [-0.15, -0.1) is 0 Å². The summed E-state index contributed by atoms with van der Waals surface area (Å²) < 4.78 is 0. The number of hydrogen-bond acceptors (Lipinski definition) is 4. The molecule has 3 N–H and O–H groups in total. The lowest BCUT2D eigenvalue weighted by atomic mass is 9.96. The molecule has 1 aliphatic heterocycles. The van der Waals surface area contributed by atoms with Crippen molar-refractivity contribution in [2.24, 2.45) is 11.8 Å². The van der Waals surface area contributed by atoms with Crippen LogP contribution in [-0.4, -0.2) is 58.6 Å². The van der Waals surface area contributed by atoms with Gasteiger partial charge in [0.2, 0.25) is 11.8 Å². The van der Waals surface area contributed by atoms with Gasteiger partial charge in [0, 0.05) is 19.0 Å². The number of hydrogen-bond donors (Lipinski definition) is 3. The van der Waals surface area contributed by atoms with Gasteiger partial charge in [0.15, 0.2) is 0 Å². The summed E-state index contributed by atoms with van der Waals surface area (Å²) >= 11 is 0. The number of carbonyl (C=O) groups is 3. The summed E-state index contributed by atoms with van der Waals surface area (Å²) in [6, 6.07) is -1.29. The van der Waals surface area contributed by atoms with E-state index in [-0.39, 0.29) is 11.8 Å². The number of amides is 2. The van der Waals surface area contributed by atoms with Crippen LogP contribution in [0.3, 0.4) is 0 Å². The lowest BCUT2D eigenvalue weighted by Gasteiger charge is -2.33. The number of likely N-dealkylation sites (tertiary alicyclic amines) is 1. The van der Waals surface area contributed by atoms with Gasteiger partial charge in [-0.25, -0.2) is 4.79 Å². The first-order valence-electron chi connectivity index (χ1n) is 6.79. The molecule has 20 heavy (non-hydrogen) atoms. The fourth-order valence-corrected chi connectivity index (χ4v) is 2.23. The van der Waals surface area contributed by atoms with Gasteiger partial charge in [-0.2, -0.15) is 0 Å². The third-order valence-corrected chi connectivity index (χ3v) is 3.39. The first-order valence-corrected chi connectivity index (χ1v) is 6.79. The molecule has 1 aliphatic rings. The van der Waals surface area contributed by atoms with Crippen molar-refractivity contribution in [2.75, 3.05) is 19.7 Å². The normalized spacial score (nSPS) is 20.6. The number of carboxylic acids is 1. The monoisotopic (exact) mass is 286 g/mol. The molecule has 1 heterocycles. The second-order valence-electron chi connectivity index (χ2n) is 5.36. The van der Waals surface area contributed by atoms with Crippen LogP contribution < -0.4 is 5.32 Å². The average molecular weight is 286 g/mol. The van der Waals surface area contributed by atoms with Crippen LogP contribution in [0.4, 0.5) is 0 Å². The molecule has 1 unspecified atom stereocenters. The van der Waals surface area contributed by atoms with Gasteiger partial charge in [0.05, 0.1) is 12.5 Å². The second kappa shape index (κ2) is 7.23. The van der Waals surface area contributed by atoms with Crippen LogP contribution in [0.5, 0.6) is 0 Å². The molecule has 0 spiro atoms. The summed E-state index contributed by atoms with van der Waals surface area (Å²) in [6.07, 6.45) is 1.33. The van der Waals surface area contributed by atoms with Gasteiger partial charge in [0.25, 0.3) is 0 Å². The molecule has 1 saturated heterocycles. The van der Waals surface area contributed by atoms with Crippen LogP contribution >= 0.6 is 0 Å². The number of aliphatic hydroxyl groups excluding tert-OH is 1. The fourth-order valence-electron chi connectivity index (χ4n) is 2.23. The molecule has 114 valence electrons. The maximum atomic E-state index is 12.0. The SMILES string of the molecule is CC(C)C(=O)N1CCCC(C(=O)N[C@H](CO)C(=O)O)C1. The maximum absolute atomic E-state index is 12.0. The van der Waals surface area contributed by atoms with Crippen molar-refractivity contribution in [3.05, 3.63) is 0 Å². The molecule has 1 rings (SSSR count). The molecule has 7 heteroatoms. The zero-order valence-electron chi connectivity index (χ0n) is 11.8. The van der Waals surface area contributed by atoms with E-state index < -0.39 is 30.4 Å². The zero-order chi connectivity index (χ0) is 15.3. The zero-order valence-corrected chi connectivity index (χ0v) is 11.8. The Labute approximate surface area is 117 Å². The molecule has 0 radical (unpaired) electrons. The first kappa shape index (κ1) is 16.4. The average Bonchev–Trinajstić information content (AvgIpc) is 2.43. The van der Waals surface area contributed by atoms with Crippen molar-refractivity contribution in [1.82, 2.24) is 10.2 Å². The molecule has 0 aromatic heterocycles. The molecule has 0 saturated carbocycles. The standard InChI is InChI=1S/C13H22N2O5/c1-8(2)12(18)15-5-3-4-9(6-15)11(17)14-10(7-16)13(19)20/h8-10,16H,3-7H2,1-2H3,(H,14,17)(H,19,20)/t9?,10-/m1/s1. The van der Waals surface area contributed by atoms with E-state index in [1.165, 1.54) is 0 Å². The minimum absolute atomic E-state index is 0.000516. The smallest absolute Gasteiger partial charge is 0.328 e. The van der Waals surface area contributed by atoms with Gasteiger partial charge < -0.3 is 20.4 Å². The van der Waals surface area contributed by atoms with E-state index in [1.807, 2.05) is 0 Å². The number of piperidine rings is 1. The fraction of sp³-hybridized carbons (Fsp3) is 0.769. The first-order chi connectivity index (χ1) is 9.36. The van der Waals surface area contributed by atoms with Crippen molar-refractivity contribution in [1.29, 1.82) is 0 Å². The summed E-state index contributed by atoms with van der Waals surface area (Å²) in [5.41, 5.74) is 0. The maximum Gasteiger partial charge on any atom is 0.328 e. The van der Waals surface area contributed by atoms with Crippen LogP contribution in [0.2, 0.25) is 0 Å². The van der Waals surface area contributed by atoms with Crippen molar-refractivity contribution in [2.45, 2.75) is 32.7 Å². The Morgan fingerprint density at radius 1 is 1.35 bits per heavy atom. The molecular weight excluding hydrogens is 264 g/mol. The number of rotatable bonds is 5. The molecule has 0 aromatic carbocycles. The van der Waals surface area contributed by atoms with Crippen molar-refractivity contribution in [3.63, 3.8) is 0 Å². The number of aliphatic carboxylic acids is 1. The Hall–Kier alpha value is -1.63. The minimum Gasteiger partial charge on any atom is -0.480 e. The molecule has 2 atom stereocenters. The van der Waals surface area contributed by atoms with E-state index in [2.05, 4.69) is 5.32 Å². The van der Waals surface area contributed by atoms with Crippen molar-refractivity contribution in [3.8, 4) is 0 Å². The molecule has 0 aromatic rings. The summed E-state index contributed by atoms with van der Waals surface area (Å²) in [6.45, 7) is 3.89. The second-order valence-corrected chi connectivity index (χ2v) is 5.36. The van der Waals surface area contributed by atoms with E-state index in [9.17, 15) is 14.4 Å². The minimum atomic E-state index is -1.29. The lowest BCUT2D eigenvalue weighted by Crippen LogP contribution is -2.51. The molecule has 0 aliphatic carbocycles. The van der Waals surface area contributed by atoms with Crippen LogP contribution in [0.15, 0.2) is 0 Å². The quantitative estimate of drug-likeness (QED) is 0.628. The van der Waals surface area contributed by atoms with Gasteiger partial charge in [-0.05, 0) is 12.8 Å². The predicted octanol–water partition coefficient (Wildman–Crippen LogP) is -0.557. The molecule has 2 amide bonds.